The van der Waals surface area contributed by atoms with Crippen LogP contribution in [-0.4, -0.2) is 21.8 Å². The van der Waals surface area contributed by atoms with E-state index in [1.165, 1.54) is 54.3 Å². The SMILES string of the molecule is CC(=O)N(c1nc(/C=C/C(=O)Nc2nc3ccc(F)cc3s2)cs1)c1ccccc1F. The van der Waals surface area contributed by atoms with Gasteiger partial charge < -0.3 is 0 Å². The van der Waals surface area contributed by atoms with Crippen LogP contribution < -0.4 is 10.2 Å². The van der Waals surface area contributed by atoms with Crippen LogP contribution in [0.1, 0.15) is 12.6 Å². The number of hydrogen-bond acceptors (Lipinski definition) is 6. The van der Waals surface area contributed by atoms with Gasteiger partial charge in [-0.05, 0) is 36.4 Å². The van der Waals surface area contributed by atoms with Gasteiger partial charge in [-0.1, -0.05) is 23.5 Å². The summed E-state index contributed by atoms with van der Waals surface area (Å²) in [6.45, 7) is 1.32. The van der Waals surface area contributed by atoms with Crippen molar-refractivity contribution in [2.45, 2.75) is 6.92 Å². The minimum absolute atomic E-state index is 0.102. The number of halogens is 2. The van der Waals surface area contributed by atoms with Crippen molar-refractivity contribution >= 4 is 66.7 Å². The number of para-hydroxylation sites is 1. The van der Waals surface area contributed by atoms with E-state index in [2.05, 4.69) is 15.3 Å². The van der Waals surface area contributed by atoms with Crippen LogP contribution in [0.4, 0.5) is 24.7 Å². The molecule has 10 heteroatoms. The van der Waals surface area contributed by atoms with Crippen molar-refractivity contribution in [1.82, 2.24) is 9.97 Å². The fourth-order valence-corrected chi connectivity index (χ4v) is 4.50. The Morgan fingerprint density at radius 1 is 1.13 bits per heavy atom. The molecular weight excluding hydrogens is 442 g/mol. The summed E-state index contributed by atoms with van der Waals surface area (Å²) >= 11 is 2.31. The number of amides is 2. The van der Waals surface area contributed by atoms with Crippen LogP contribution in [0, 0.1) is 11.6 Å². The minimum atomic E-state index is -0.542. The monoisotopic (exact) mass is 456 g/mol. The smallest absolute Gasteiger partial charge is 0.250 e. The summed E-state index contributed by atoms with van der Waals surface area (Å²) in [6, 6.07) is 10.1. The quantitative estimate of drug-likeness (QED) is 0.410. The molecule has 156 valence electrons. The first-order valence-electron chi connectivity index (χ1n) is 8.96. The van der Waals surface area contributed by atoms with Crippen molar-refractivity contribution in [3.63, 3.8) is 0 Å². The fourth-order valence-electron chi connectivity index (χ4n) is 2.76. The highest BCUT2D eigenvalue weighted by atomic mass is 32.1. The van der Waals surface area contributed by atoms with Gasteiger partial charge >= 0.3 is 0 Å². The topological polar surface area (TPSA) is 75.2 Å². The second kappa shape index (κ2) is 8.70. The van der Waals surface area contributed by atoms with E-state index >= 15 is 0 Å². The number of anilines is 3. The molecule has 0 saturated heterocycles. The van der Waals surface area contributed by atoms with E-state index in [1.807, 2.05) is 0 Å². The number of nitrogens with zero attached hydrogens (tertiary/aromatic N) is 3. The highest BCUT2D eigenvalue weighted by Gasteiger charge is 2.20. The Hall–Kier alpha value is -3.50. The average Bonchev–Trinajstić information content (AvgIpc) is 3.34. The largest absolute Gasteiger partial charge is 0.298 e. The van der Waals surface area contributed by atoms with E-state index < -0.39 is 11.7 Å². The zero-order chi connectivity index (χ0) is 22.0. The predicted octanol–water partition coefficient (Wildman–Crippen LogP) is 5.37. The lowest BCUT2D eigenvalue weighted by atomic mass is 10.3. The number of aromatic nitrogens is 2. The Kier molecular flexibility index (Phi) is 5.83. The van der Waals surface area contributed by atoms with E-state index in [0.29, 0.717) is 21.0 Å². The van der Waals surface area contributed by atoms with Crippen LogP contribution in [-0.2, 0) is 9.59 Å². The van der Waals surface area contributed by atoms with Crippen molar-refractivity contribution in [2.75, 3.05) is 10.2 Å². The van der Waals surface area contributed by atoms with Gasteiger partial charge in [-0.3, -0.25) is 19.8 Å². The second-order valence-corrected chi connectivity index (χ2v) is 8.18. The molecule has 2 aromatic carbocycles. The average molecular weight is 456 g/mol. The molecule has 4 rings (SSSR count). The molecule has 0 atom stereocenters. The summed E-state index contributed by atoms with van der Waals surface area (Å²) in [7, 11) is 0. The number of fused-ring (bicyclic) bond motifs is 1. The van der Waals surface area contributed by atoms with Crippen molar-refractivity contribution in [1.29, 1.82) is 0 Å². The highest BCUT2D eigenvalue weighted by Crippen LogP contribution is 2.31. The van der Waals surface area contributed by atoms with E-state index in [0.717, 1.165) is 22.7 Å². The van der Waals surface area contributed by atoms with Crippen molar-refractivity contribution < 1.29 is 18.4 Å². The van der Waals surface area contributed by atoms with Gasteiger partial charge in [0.1, 0.15) is 11.6 Å². The first kappa shape index (κ1) is 20.8. The van der Waals surface area contributed by atoms with E-state index in [-0.39, 0.29) is 22.5 Å². The molecule has 0 unspecified atom stereocenters. The number of carbonyl (C=O) groups excluding carboxylic acids is 2. The number of benzene rings is 2. The van der Waals surface area contributed by atoms with Crippen molar-refractivity contribution in [3.8, 4) is 0 Å². The van der Waals surface area contributed by atoms with Gasteiger partial charge in [0.2, 0.25) is 11.8 Å². The lowest BCUT2D eigenvalue weighted by Gasteiger charge is -2.18. The van der Waals surface area contributed by atoms with Crippen LogP contribution in [0.2, 0.25) is 0 Å². The van der Waals surface area contributed by atoms with Crippen LogP contribution in [0.25, 0.3) is 16.3 Å². The molecule has 2 aromatic heterocycles. The maximum atomic E-state index is 14.1. The summed E-state index contributed by atoms with van der Waals surface area (Å²) in [5.41, 5.74) is 1.13. The number of rotatable bonds is 5. The number of thiazole rings is 2. The fraction of sp³-hybridized carbons (Fsp3) is 0.0476. The Bertz CT molecular complexity index is 1320. The molecule has 0 fully saturated rings. The van der Waals surface area contributed by atoms with Gasteiger partial charge in [-0.2, -0.15) is 0 Å². The molecule has 6 nitrogen and oxygen atoms in total. The van der Waals surface area contributed by atoms with E-state index in [9.17, 15) is 18.4 Å². The van der Waals surface area contributed by atoms with Gasteiger partial charge in [0.25, 0.3) is 0 Å². The molecule has 0 bridgehead atoms. The maximum Gasteiger partial charge on any atom is 0.250 e. The second-order valence-electron chi connectivity index (χ2n) is 6.31. The zero-order valence-corrected chi connectivity index (χ0v) is 17.6. The molecule has 0 aliphatic heterocycles. The standard InChI is InChI=1S/C21H14F2N4O2S2/c1-12(28)27(17-5-3-2-4-15(17)23)21-24-14(11-30-21)7-9-19(29)26-20-25-16-8-6-13(22)10-18(16)31-20/h2-11H,1H3,(H,25,26,29)/b9-7+. The van der Waals surface area contributed by atoms with Crippen LogP contribution in [0.3, 0.4) is 0 Å². The van der Waals surface area contributed by atoms with Crippen molar-refractivity contribution in [3.05, 3.63) is 71.2 Å². The normalized spacial score (nSPS) is 11.2. The first-order chi connectivity index (χ1) is 14.9. The predicted molar refractivity (Wildman–Crippen MR) is 119 cm³/mol. The summed E-state index contributed by atoms with van der Waals surface area (Å²) in [5.74, 6) is -1.74. The third-order valence-electron chi connectivity index (χ3n) is 4.10. The summed E-state index contributed by atoms with van der Waals surface area (Å²) in [5, 5.41) is 4.90. The van der Waals surface area contributed by atoms with Gasteiger partial charge in [-0.15, -0.1) is 11.3 Å². The van der Waals surface area contributed by atoms with E-state index in [4.69, 9.17) is 0 Å². The molecule has 0 saturated carbocycles. The number of hydrogen-bond donors (Lipinski definition) is 1. The van der Waals surface area contributed by atoms with Crippen molar-refractivity contribution in [2.24, 2.45) is 0 Å². The molecular formula is C21H14F2N4O2S2. The molecule has 0 radical (unpaired) electrons. The van der Waals surface area contributed by atoms with Crippen LogP contribution >= 0.6 is 22.7 Å². The lowest BCUT2D eigenvalue weighted by Crippen LogP contribution is -2.23. The first-order valence-corrected chi connectivity index (χ1v) is 10.7. The Morgan fingerprint density at radius 2 is 1.94 bits per heavy atom. The van der Waals surface area contributed by atoms with Gasteiger partial charge in [0.05, 0.1) is 21.6 Å². The molecule has 1 N–H and O–H groups in total. The molecule has 0 aliphatic carbocycles. The third-order valence-corrected chi connectivity index (χ3v) is 5.87. The number of nitrogens with one attached hydrogen (secondary N) is 1. The number of carbonyl (C=O) groups is 2. The van der Waals surface area contributed by atoms with Gasteiger partial charge in [-0.25, -0.2) is 18.7 Å². The van der Waals surface area contributed by atoms with Gasteiger partial charge in [0.15, 0.2) is 10.3 Å². The molecule has 2 amide bonds. The highest BCUT2D eigenvalue weighted by molar-refractivity contribution is 7.22. The minimum Gasteiger partial charge on any atom is -0.298 e. The zero-order valence-electron chi connectivity index (χ0n) is 16.0. The van der Waals surface area contributed by atoms with E-state index in [1.54, 1.807) is 17.5 Å². The Labute approximate surface area is 183 Å². The van der Waals surface area contributed by atoms with Crippen LogP contribution in [0.15, 0.2) is 53.9 Å². The molecule has 2 heterocycles. The molecule has 0 aliphatic rings. The maximum absolute atomic E-state index is 14.1. The molecule has 31 heavy (non-hydrogen) atoms. The van der Waals surface area contributed by atoms with Crippen LogP contribution in [0.5, 0.6) is 0 Å². The molecule has 4 aromatic rings. The Balaban J connectivity index is 1.48. The summed E-state index contributed by atoms with van der Waals surface area (Å²) < 4.78 is 28.1. The summed E-state index contributed by atoms with van der Waals surface area (Å²) in [6.07, 6.45) is 2.74. The molecule has 0 spiro atoms. The third kappa shape index (κ3) is 4.65. The Morgan fingerprint density at radius 3 is 2.71 bits per heavy atom. The van der Waals surface area contributed by atoms with Gasteiger partial charge in [0, 0.05) is 18.4 Å². The lowest BCUT2D eigenvalue weighted by molar-refractivity contribution is -0.116. The summed E-state index contributed by atoms with van der Waals surface area (Å²) in [4.78, 5) is 34.0.